The second kappa shape index (κ2) is 5.68. The molecule has 0 amide bonds. The van der Waals surface area contributed by atoms with Gasteiger partial charge in [-0.2, -0.15) is 0 Å². The average molecular weight is 256 g/mol. The smallest absolute Gasteiger partial charge is 0.449 e. The maximum atomic E-state index is 12.3. The first kappa shape index (κ1) is 17.8. The first-order valence-corrected chi connectivity index (χ1v) is 5.89. The van der Waals surface area contributed by atoms with Crippen LogP contribution in [-0.4, -0.2) is 27.4 Å². The van der Waals surface area contributed by atoms with E-state index in [0.717, 1.165) is 20.1 Å². The van der Waals surface area contributed by atoms with Crippen molar-refractivity contribution in [3.05, 3.63) is 0 Å². The van der Waals surface area contributed by atoms with Gasteiger partial charge in [-0.15, -0.1) is 0 Å². The molecular formula is C6H13BF3KO2S. The van der Waals surface area contributed by atoms with Crippen LogP contribution in [0.4, 0.5) is 12.9 Å². The van der Waals surface area contributed by atoms with E-state index in [2.05, 4.69) is 0 Å². The van der Waals surface area contributed by atoms with E-state index in [1.807, 2.05) is 0 Å². The molecule has 0 N–H and O–H groups in total. The van der Waals surface area contributed by atoms with Gasteiger partial charge in [0.2, 0.25) is 0 Å². The molecule has 0 bridgehead atoms. The van der Waals surface area contributed by atoms with Crippen molar-refractivity contribution in [1.82, 2.24) is 0 Å². The van der Waals surface area contributed by atoms with Crippen molar-refractivity contribution in [3.63, 3.8) is 0 Å². The molecule has 0 atom stereocenters. The Morgan fingerprint density at radius 3 is 1.79 bits per heavy atom. The van der Waals surface area contributed by atoms with Crippen LogP contribution in [-0.2, 0) is 9.84 Å². The summed E-state index contributed by atoms with van der Waals surface area (Å²) in [5.41, 5.74) is 0. The molecule has 0 aliphatic carbocycles. The maximum absolute atomic E-state index is 12.3. The number of hydrogen-bond donors (Lipinski definition) is 0. The third kappa shape index (κ3) is 6.84. The number of halogens is 3. The summed E-state index contributed by atoms with van der Waals surface area (Å²) in [5, 5.41) is -1.87. The number of sulfone groups is 1. The van der Waals surface area contributed by atoms with E-state index in [1.165, 1.54) is 0 Å². The van der Waals surface area contributed by atoms with Crippen LogP contribution >= 0.6 is 0 Å². The molecule has 14 heavy (non-hydrogen) atoms. The third-order valence-corrected chi connectivity index (χ3v) is 2.95. The molecule has 0 saturated carbocycles. The summed E-state index contributed by atoms with van der Waals surface area (Å²) in [4.78, 5) is 0. The molecular weight excluding hydrogens is 243 g/mol. The molecule has 0 aromatic carbocycles. The van der Waals surface area contributed by atoms with E-state index < -0.39 is 27.9 Å². The second-order valence-electron chi connectivity index (χ2n) is 3.94. The predicted molar refractivity (Wildman–Crippen MR) is 47.4 cm³/mol. The first-order valence-electron chi connectivity index (χ1n) is 3.83. The molecule has 0 unspecified atom stereocenters. The van der Waals surface area contributed by atoms with E-state index in [1.54, 1.807) is 0 Å². The van der Waals surface area contributed by atoms with Crippen LogP contribution in [0.5, 0.6) is 0 Å². The van der Waals surface area contributed by atoms with Crippen molar-refractivity contribution in [2.24, 2.45) is 0 Å². The van der Waals surface area contributed by atoms with E-state index in [4.69, 9.17) is 0 Å². The summed E-state index contributed by atoms with van der Waals surface area (Å²) < 4.78 is 58.1. The minimum Gasteiger partial charge on any atom is -0.449 e. The number of hydrogen-bond acceptors (Lipinski definition) is 2. The summed E-state index contributed by atoms with van der Waals surface area (Å²) in [5.74, 6) is -0.415. The van der Waals surface area contributed by atoms with E-state index in [-0.39, 0.29) is 57.8 Å². The number of rotatable bonds is 4. The molecule has 0 heterocycles. The van der Waals surface area contributed by atoms with Crippen LogP contribution in [0.25, 0.3) is 0 Å². The topological polar surface area (TPSA) is 34.1 Å². The maximum Gasteiger partial charge on any atom is 1.00 e. The molecule has 0 aliphatic heterocycles. The monoisotopic (exact) mass is 256 g/mol. The second-order valence-corrected chi connectivity index (χ2v) is 6.20. The molecule has 0 rings (SSSR count). The fourth-order valence-electron chi connectivity index (χ4n) is 0.612. The van der Waals surface area contributed by atoms with E-state index in [9.17, 15) is 21.4 Å². The van der Waals surface area contributed by atoms with Gasteiger partial charge in [0.1, 0.15) is 9.84 Å². The quantitative estimate of drug-likeness (QED) is 0.608. The molecule has 80 valence electrons. The average Bonchev–Trinajstić information content (AvgIpc) is 1.79. The zero-order valence-electron chi connectivity index (χ0n) is 8.85. The summed E-state index contributed by atoms with van der Waals surface area (Å²) in [6.07, 6.45) is 0.571. The van der Waals surface area contributed by atoms with Crippen molar-refractivity contribution < 1.29 is 72.7 Å². The van der Waals surface area contributed by atoms with Crippen molar-refractivity contribution in [3.8, 4) is 0 Å². The van der Waals surface area contributed by atoms with Gasteiger partial charge in [0.05, 0.1) is 0 Å². The van der Waals surface area contributed by atoms with Crippen LogP contribution in [0.3, 0.4) is 0 Å². The standard InChI is InChI=1S/C6H13BF3O2S.K/c1-6(2,7(8,9)10)4-5-13(3,11)12;/h4-5H2,1-3H3;/q-1;+1. The normalized spacial score (nSPS) is 13.6. The van der Waals surface area contributed by atoms with Gasteiger partial charge in [-0.3, -0.25) is 0 Å². The minimum atomic E-state index is -4.98. The van der Waals surface area contributed by atoms with Crippen molar-refractivity contribution in [1.29, 1.82) is 0 Å². The fraction of sp³-hybridized carbons (Fsp3) is 1.00. The Bertz CT molecular complexity index is 273. The Hall–Kier alpha value is 1.44. The molecule has 0 aromatic heterocycles. The largest absolute Gasteiger partial charge is 1.00 e. The van der Waals surface area contributed by atoms with E-state index in [0.29, 0.717) is 0 Å². The Morgan fingerprint density at radius 2 is 1.57 bits per heavy atom. The molecule has 8 heteroatoms. The predicted octanol–water partition coefficient (Wildman–Crippen LogP) is -0.947. The molecule has 0 fully saturated rings. The zero-order valence-corrected chi connectivity index (χ0v) is 12.8. The van der Waals surface area contributed by atoms with Crippen molar-refractivity contribution >= 4 is 16.8 Å². The molecule has 0 radical (unpaired) electrons. The molecule has 0 aromatic rings. The van der Waals surface area contributed by atoms with Gasteiger partial charge in [-0.25, -0.2) is 8.42 Å². The van der Waals surface area contributed by atoms with Gasteiger partial charge < -0.3 is 12.9 Å². The van der Waals surface area contributed by atoms with Gasteiger partial charge in [0, 0.05) is 12.0 Å². The van der Waals surface area contributed by atoms with Crippen LogP contribution < -0.4 is 51.4 Å². The Kier molecular flexibility index (Phi) is 7.23. The Morgan fingerprint density at radius 1 is 1.21 bits per heavy atom. The van der Waals surface area contributed by atoms with Crippen LogP contribution in [0, 0.1) is 0 Å². The summed E-state index contributed by atoms with van der Waals surface area (Å²) in [6, 6.07) is 0. The fourth-order valence-corrected chi connectivity index (χ4v) is 1.51. The first-order chi connectivity index (χ1) is 5.46. The molecule has 0 saturated heterocycles. The summed E-state index contributed by atoms with van der Waals surface area (Å²) in [6.45, 7) is -2.93. The van der Waals surface area contributed by atoms with Crippen LogP contribution in [0.1, 0.15) is 20.3 Å². The van der Waals surface area contributed by atoms with E-state index >= 15 is 0 Å². The Balaban J connectivity index is 0. The van der Waals surface area contributed by atoms with Crippen LogP contribution in [0.2, 0.25) is 5.31 Å². The van der Waals surface area contributed by atoms with Gasteiger partial charge >= 0.3 is 58.4 Å². The zero-order chi connectivity index (χ0) is 10.9. The van der Waals surface area contributed by atoms with Crippen molar-refractivity contribution in [2.75, 3.05) is 12.0 Å². The summed E-state index contributed by atoms with van der Waals surface area (Å²) in [7, 11) is -3.31. The SMILES string of the molecule is CC(C)(CCS(C)(=O)=O)[B-](F)(F)F.[K+]. The molecule has 2 nitrogen and oxygen atoms in total. The van der Waals surface area contributed by atoms with Gasteiger partial charge in [-0.05, 0) is 0 Å². The third-order valence-electron chi connectivity index (χ3n) is 2.00. The molecule has 0 aliphatic rings. The Labute approximate surface area is 125 Å². The van der Waals surface area contributed by atoms with Gasteiger partial charge in [-0.1, -0.05) is 25.6 Å². The summed E-state index contributed by atoms with van der Waals surface area (Å²) >= 11 is 0. The van der Waals surface area contributed by atoms with Crippen LogP contribution in [0.15, 0.2) is 0 Å². The van der Waals surface area contributed by atoms with Crippen molar-refractivity contribution in [2.45, 2.75) is 25.6 Å². The minimum absolute atomic E-state index is 0. The van der Waals surface area contributed by atoms with Gasteiger partial charge in [0.15, 0.2) is 0 Å². The molecule has 0 spiro atoms. The van der Waals surface area contributed by atoms with Gasteiger partial charge in [0.25, 0.3) is 0 Å².